The highest BCUT2D eigenvalue weighted by Crippen LogP contribution is 2.64. The van der Waals surface area contributed by atoms with Crippen LogP contribution in [-0.2, 0) is 24.4 Å². The van der Waals surface area contributed by atoms with Crippen LogP contribution in [0, 0.1) is 23.2 Å². The van der Waals surface area contributed by atoms with Crippen molar-refractivity contribution >= 4 is 21.9 Å². The average Bonchev–Trinajstić information content (AvgIpc) is 2.82. The molecule has 23 heavy (non-hydrogen) atoms. The summed E-state index contributed by atoms with van der Waals surface area (Å²) in [6, 6.07) is 0. The molecule has 4 aliphatic carbocycles. The minimum Gasteiger partial charge on any atom is -0.462 e. The summed E-state index contributed by atoms with van der Waals surface area (Å²) in [6.45, 7) is -1.50. The average molecular weight is 356 g/mol. The van der Waals surface area contributed by atoms with E-state index in [-0.39, 0.29) is 24.0 Å². The molecule has 0 amide bonds. The highest BCUT2D eigenvalue weighted by Gasteiger charge is 2.67. The molecule has 6 nitrogen and oxygen atoms in total. The Hall–Kier alpha value is -1.16. The quantitative estimate of drug-likeness (QED) is 0.590. The predicted molar refractivity (Wildman–Crippen MR) is 68.7 cm³/mol. The first kappa shape index (κ1) is 16.7. The molecule has 5 atom stereocenters. The van der Waals surface area contributed by atoms with Crippen LogP contribution in [0.1, 0.15) is 25.7 Å². The van der Waals surface area contributed by atoms with Crippen LogP contribution in [0.25, 0.3) is 0 Å². The van der Waals surface area contributed by atoms with Crippen molar-refractivity contribution in [3.63, 3.8) is 0 Å². The molecule has 0 aromatic rings. The number of Topliss-reactive ketones (excluding diaryl/α,β-unsaturated/α-hetero) is 1. The molecule has 10 heteroatoms. The summed E-state index contributed by atoms with van der Waals surface area (Å²) in [4.78, 5) is 24.3. The van der Waals surface area contributed by atoms with Gasteiger partial charge in [-0.1, -0.05) is 0 Å². The highest BCUT2D eigenvalue weighted by molar-refractivity contribution is 7.86. The number of hydrogen-bond acceptors (Lipinski definition) is 5. The predicted octanol–water partition coefficient (Wildman–Crippen LogP) is 1.35. The first-order chi connectivity index (χ1) is 10.5. The molecule has 0 aromatic heterocycles. The van der Waals surface area contributed by atoms with Crippen molar-refractivity contribution in [2.75, 3.05) is 6.61 Å². The second-order valence-corrected chi connectivity index (χ2v) is 8.15. The number of carbonyl (C=O) groups is 2. The van der Waals surface area contributed by atoms with Gasteiger partial charge >= 0.3 is 21.3 Å². The Labute approximate surface area is 130 Å². The van der Waals surface area contributed by atoms with Crippen LogP contribution < -0.4 is 0 Å². The summed E-state index contributed by atoms with van der Waals surface area (Å²) in [5, 5.41) is -5.06. The van der Waals surface area contributed by atoms with Gasteiger partial charge in [-0.2, -0.15) is 17.2 Å². The summed E-state index contributed by atoms with van der Waals surface area (Å²) in [5.41, 5.74) is -1.09. The lowest BCUT2D eigenvalue weighted by atomic mass is 9.75. The van der Waals surface area contributed by atoms with Gasteiger partial charge in [-0.3, -0.25) is 14.1 Å². The first-order valence-electron chi connectivity index (χ1n) is 7.19. The van der Waals surface area contributed by atoms with E-state index in [2.05, 4.69) is 4.74 Å². The Morgan fingerprint density at radius 1 is 1.39 bits per heavy atom. The lowest BCUT2D eigenvalue weighted by molar-refractivity contribution is -0.163. The Morgan fingerprint density at radius 3 is 2.65 bits per heavy atom. The summed E-state index contributed by atoms with van der Waals surface area (Å²) in [5.74, 6) is -1.52. The van der Waals surface area contributed by atoms with E-state index in [1.165, 1.54) is 0 Å². The Morgan fingerprint density at radius 2 is 2.04 bits per heavy atom. The monoisotopic (exact) mass is 356 g/mol. The minimum atomic E-state index is -5.95. The van der Waals surface area contributed by atoms with Crippen molar-refractivity contribution in [2.24, 2.45) is 23.2 Å². The normalized spacial score (nSPS) is 37.2. The maximum Gasteiger partial charge on any atom is 0.403 e. The zero-order chi connectivity index (χ0) is 17.2. The summed E-state index contributed by atoms with van der Waals surface area (Å²) in [7, 11) is -5.95. The Bertz CT molecular complexity index is 663. The fourth-order valence-electron chi connectivity index (χ4n) is 4.38. The number of ether oxygens (including phenoxy) is 1. The van der Waals surface area contributed by atoms with Gasteiger partial charge in [0, 0.05) is 11.8 Å². The fraction of sp³-hybridized carbons (Fsp3) is 0.846. The molecule has 0 spiro atoms. The SMILES string of the molecule is O=C1C2CC3CC1C(C(=O)OCC(F)C(F)(F)S(=O)(=O)O)(C3)C2. The van der Waals surface area contributed by atoms with Crippen molar-refractivity contribution in [3.8, 4) is 0 Å². The number of ketones is 1. The molecule has 4 saturated carbocycles. The summed E-state index contributed by atoms with van der Waals surface area (Å²) in [6.07, 6.45) is -1.45. The van der Waals surface area contributed by atoms with Crippen LogP contribution in [0.5, 0.6) is 0 Å². The molecule has 0 aliphatic heterocycles. The molecule has 4 rings (SSSR count). The maximum atomic E-state index is 13.4. The van der Waals surface area contributed by atoms with Crippen LogP contribution in [0.3, 0.4) is 0 Å². The lowest BCUT2D eigenvalue weighted by Crippen LogP contribution is -2.43. The van der Waals surface area contributed by atoms with Crippen LogP contribution in [0.15, 0.2) is 0 Å². The van der Waals surface area contributed by atoms with Gasteiger partial charge in [-0.05, 0) is 31.6 Å². The van der Waals surface area contributed by atoms with Crippen molar-refractivity contribution in [3.05, 3.63) is 0 Å². The van der Waals surface area contributed by atoms with Crippen LogP contribution >= 0.6 is 0 Å². The van der Waals surface area contributed by atoms with Crippen molar-refractivity contribution in [1.29, 1.82) is 0 Å². The van der Waals surface area contributed by atoms with Gasteiger partial charge in [-0.25, -0.2) is 4.39 Å². The van der Waals surface area contributed by atoms with Crippen molar-refractivity contribution in [2.45, 2.75) is 37.1 Å². The number of carbonyl (C=O) groups excluding carboxylic acids is 2. The standard InChI is InChI=1S/C13H15F3O6S/c14-9(13(15,16)23(19,20)21)5-22-11(18)12-3-6-1-7(4-12)10(17)8(12)2-6/h6-9H,1-5H2,(H,19,20,21). The van der Waals surface area contributed by atoms with Gasteiger partial charge in [0.2, 0.25) is 6.17 Å². The zero-order valence-corrected chi connectivity index (χ0v) is 12.7. The second-order valence-electron chi connectivity index (χ2n) is 6.66. The van der Waals surface area contributed by atoms with E-state index in [4.69, 9.17) is 4.55 Å². The third-order valence-electron chi connectivity index (χ3n) is 5.34. The van der Waals surface area contributed by atoms with Gasteiger partial charge in [0.25, 0.3) is 0 Å². The lowest BCUT2D eigenvalue weighted by Gasteiger charge is -2.30. The molecule has 5 unspecified atom stereocenters. The van der Waals surface area contributed by atoms with E-state index in [9.17, 15) is 31.2 Å². The molecule has 1 N–H and O–H groups in total. The van der Waals surface area contributed by atoms with Crippen molar-refractivity contribution in [1.82, 2.24) is 0 Å². The Kier molecular flexibility index (Phi) is 3.57. The number of hydrogen-bond donors (Lipinski definition) is 1. The van der Waals surface area contributed by atoms with Gasteiger partial charge < -0.3 is 4.74 Å². The number of alkyl halides is 3. The molecule has 130 valence electrons. The second kappa shape index (κ2) is 4.92. The zero-order valence-electron chi connectivity index (χ0n) is 11.9. The van der Waals surface area contributed by atoms with Gasteiger partial charge in [0.15, 0.2) is 0 Å². The van der Waals surface area contributed by atoms with E-state index < -0.39 is 45.5 Å². The largest absolute Gasteiger partial charge is 0.462 e. The minimum absolute atomic E-state index is 0.0317. The van der Waals surface area contributed by atoms with E-state index in [0.717, 1.165) is 0 Å². The molecule has 0 radical (unpaired) electrons. The third-order valence-corrected chi connectivity index (χ3v) is 6.28. The number of halogens is 3. The highest BCUT2D eigenvalue weighted by atomic mass is 32.2. The molecule has 0 saturated heterocycles. The molecule has 0 aromatic carbocycles. The maximum absolute atomic E-state index is 13.4. The molecule has 4 aliphatic rings. The van der Waals surface area contributed by atoms with E-state index >= 15 is 0 Å². The number of rotatable bonds is 5. The Balaban J connectivity index is 1.68. The van der Waals surface area contributed by atoms with E-state index in [1.54, 1.807) is 0 Å². The smallest absolute Gasteiger partial charge is 0.403 e. The summed E-state index contributed by atoms with van der Waals surface area (Å²) >= 11 is 0. The van der Waals surface area contributed by atoms with E-state index in [1.807, 2.05) is 0 Å². The summed E-state index contributed by atoms with van der Waals surface area (Å²) < 4.78 is 73.4. The molecule has 0 heterocycles. The van der Waals surface area contributed by atoms with Gasteiger partial charge in [-0.15, -0.1) is 0 Å². The van der Waals surface area contributed by atoms with Gasteiger partial charge in [0.1, 0.15) is 12.4 Å². The topological polar surface area (TPSA) is 97.7 Å². The van der Waals surface area contributed by atoms with Crippen LogP contribution in [0.4, 0.5) is 13.2 Å². The first-order valence-corrected chi connectivity index (χ1v) is 8.63. The third kappa shape index (κ3) is 2.29. The number of esters is 1. The van der Waals surface area contributed by atoms with Crippen molar-refractivity contribution < 1.29 is 40.5 Å². The van der Waals surface area contributed by atoms with E-state index in [0.29, 0.717) is 19.3 Å². The van der Waals surface area contributed by atoms with Crippen LogP contribution in [0.2, 0.25) is 0 Å². The fourth-order valence-corrected chi connectivity index (χ4v) is 4.77. The molecular formula is C13H15F3O6S. The van der Waals surface area contributed by atoms with Crippen LogP contribution in [-0.4, -0.2) is 42.8 Å². The van der Waals surface area contributed by atoms with Gasteiger partial charge in [0.05, 0.1) is 5.41 Å². The molecule has 4 bridgehead atoms. The molecule has 4 fully saturated rings. The molecular weight excluding hydrogens is 341 g/mol.